The molecule has 0 spiro atoms. The first kappa shape index (κ1) is 52.3. The minimum atomic E-state index is -1.60. The summed E-state index contributed by atoms with van der Waals surface area (Å²) in [5.74, 6) is -0.355. The minimum Gasteiger partial charge on any atom is -0.461 e. The van der Waals surface area contributed by atoms with Gasteiger partial charge in [-0.1, -0.05) is 57.2 Å². The molecule has 10 atom stereocenters. The van der Waals surface area contributed by atoms with Gasteiger partial charge in [-0.15, -0.1) is 0 Å². The van der Waals surface area contributed by atoms with E-state index in [1.807, 2.05) is 64.2 Å². The number of cyclic esters (lactones) is 1. The number of piperidine rings is 1. The van der Waals surface area contributed by atoms with E-state index in [0.29, 0.717) is 75.4 Å². The van der Waals surface area contributed by atoms with E-state index in [-0.39, 0.29) is 54.0 Å². The van der Waals surface area contributed by atoms with E-state index in [1.54, 1.807) is 19.1 Å². The monoisotopic (exact) mass is 858 g/mol. The predicted molar refractivity (Wildman–Crippen MR) is 236 cm³/mol. The number of aldehydes is 1. The van der Waals surface area contributed by atoms with Crippen molar-refractivity contribution in [2.24, 2.45) is 23.7 Å². The van der Waals surface area contributed by atoms with Crippen molar-refractivity contribution in [1.82, 2.24) is 4.90 Å². The molecule has 1 saturated carbocycles. The van der Waals surface area contributed by atoms with Gasteiger partial charge in [-0.25, -0.2) is 4.79 Å². The van der Waals surface area contributed by atoms with Gasteiger partial charge >= 0.3 is 5.97 Å². The summed E-state index contributed by atoms with van der Waals surface area (Å²) in [7, 11) is 4.82. The van der Waals surface area contributed by atoms with E-state index in [1.165, 1.54) is 7.11 Å². The number of rotatable bonds is 9. The predicted octanol–water partition coefficient (Wildman–Crippen LogP) is 7.78. The van der Waals surface area contributed by atoms with Gasteiger partial charge < -0.3 is 38.8 Å². The number of methoxy groups -OCH3 is 3. The maximum absolute atomic E-state index is 14.1. The van der Waals surface area contributed by atoms with Crippen molar-refractivity contribution in [3.8, 4) is 0 Å². The van der Waals surface area contributed by atoms with Crippen molar-refractivity contribution >= 4 is 23.9 Å². The molecule has 0 bridgehead atoms. The lowest BCUT2D eigenvalue weighted by molar-refractivity contribution is -0.163. The van der Waals surface area contributed by atoms with E-state index in [0.717, 1.165) is 56.9 Å². The van der Waals surface area contributed by atoms with Crippen LogP contribution in [0.2, 0.25) is 0 Å². The van der Waals surface area contributed by atoms with Crippen LogP contribution in [-0.2, 0) is 42.9 Å². The summed E-state index contributed by atoms with van der Waals surface area (Å²) < 4.78 is 29.1. The van der Waals surface area contributed by atoms with Gasteiger partial charge in [0.2, 0.25) is 12.2 Å². The number of fused-ring (bicyclic) bond motifs is 1. The van der Waals surface area contributed by atoms with Crippen LogP contribution in [0.15, 0.2) is 47.6 Å². The number of esters is 1. The Balaban J connectivity index is 1.90. The van der Waals surface area contributed by atoms with E-state index in [2.05, 4.69) is 6.92 Å². The standard InChI is InChI=1S/C49H79NO11/c1-33-15-10-9-11-16-35(3)43(58-7)31-41(60-45(53)32-51)17-14-19-44(52)50-28-13-12-18-42(50)49(56)61-40(27-23-38-21-25-39(57-6)26-22-38)24-20-34(2)30-37(5)47(55)48(59-8)46(54)36(4)29-33/h9-11,15-16,30,32-34,36,38-43,45,47-48,53,55H,12-14,17-29,31H2,1-8H3/b11-9+,15-10+,35-16+,37-30+/t33?,34-,36?,38?,39?,40?,41-,42-,43-,45+,47?,48-/m0/s1. The van der Waals surface area contributed by atoms with E-state index in [4.69, 9.17) is 23.7 Å². The van der Waals surface area contributed by atoms with E-state index in [9.17, 15) is 29.4 Å². The summed E-state index contributed by atoms with van der Waals surface area (Å²) in [6.45, 7) is 10.2. The number of carbonyl (C=O) groups is 4. The van der Waals surface area contributed by atoms with Crippen LogP contribution >= 0.6 is 0 Å². The van der Waals surface area contributed by atoms with Crippen LogP contribution in [-0.4, -0.2) is 116 Å². The molecule has 1 saturated heterocycles. The second kappa shape index (κ2) is 27.9. The molecular formula is C49H79NO11. The number of hydrogen-bond acceptors (Lipinski definition) is 11. The fraction of sp³-hybridized carbons (Fsp3) is 0.755. The first-order valence-electron chi connectivity index (χ1n) is 23.0. The molecule has 2 aliphatic heterocycles. The molecule has 3 rings (SSSR count). The molecule has 12 nitrogen and oxygen atoms in total. The topological polar surface area (TPSA) is 158 Å². The molecular weight excluding hydrogens is 779 g/mol. The van der Waals surface area contributed by atoms with Crippen LogP contribution < -0.4 is 0 Å². The second-order valence-corrected chi connectivity index (χ2v) is 18.0. The molecule has 0 aromatic heterocycles. The number of ketones is 1. The van der Waals surface area contributed by atoms with Crippen molar-refractivity contribution in [3.63, 3.8) is 0 Å². The number of hydrogen-bond donors (Lipinski definition) is 2. The fourth-order valence-corrected chi connectivity index (χ4v) is 9.24. The van der Waals surface area contributed by atoms with Crippen molar-refractivity contribution in [3.05, 3.63) is 47.6 Å². The lowest BCUT2D eigenvalue weighted by Gasteiger charge is -2.35. The van der Waals surface area contributed by atoms with Crippen LogP contribution in [0.3, 0.4) is 0 Å². The molecule has 12 heteroatoms. The smallest absolute Gasteiger partial charge is 0.329 e. The lowest BCUT2D eigenvalue weighted by atomic mass is 9.83. The normalized spacial score (nSPS) is 36.3. The Labute approximate surface area is 366 Å². The molecule has 2 fully saturated rings. The van der Waals surface area contributed by atoms with Crippen molar-refractivity contribution in [2.45, 2.75) is 186 Å². The zero-order valence-electron chi connectivity index (χ0n) is 38.5. The van der Waals surface area contributed by atoms with E-state index >= 15 is 0 Å². The Bertz CT molecular complexity index is 1470. The number of Topliss-reactive ketones (excluding diaryl/α,β-unsaturated/α-hetero) is 1. The van der Waals surface area contributed by atoms with Gasteiger partial charge in [-0.2, -0.15) is 0 Å². The second-order valence-electron chi connectivity index (χ2n) is 18.0. The number of amides is 1. The van der Waals surface area contributed by atoms with Gasteiger partial charge in [-0.05, 0) is 133 Å². The number of allylic oxidation sites excluding steroid dienone is 6. The molecule has 4 unspecified atom stereocenters. The Kier molecular flexibility index (Phi) is 24.0. The highest BCUT2D eigenvalue weighted by atomic mass is 16.6. The van der Waals surface area contributed by atoms with Crippen LogP contribution in [0.25, 0.3) is 0 Å². The molecule has 0 aromatic rings. The molecule has 1 amide bonds. The average molecular weight is 858 g/mol. The Morgan fingerprint density at radius 2 is 1.54 bits per heavy atom. The largest absolute Gasteiger partial charge is 0.461 e. The number of nitrogens with zero attached hydrogens (tertiary/aromatic N) is 1. The summed E-state index contributed by atoms with van der Waals surface area (Å²) in [5, 5.41) is 21.5. The van der Waals surface area contributed by atoms with Crippen LogP contribution in [0.1, 0.15) is 137 Å². The Morgan fingerprint density at radius 3 is 2.21 bits per heavy atom. The lowest BCUT2D eigenvalue weighted by Crippen LogP contribution is -2.49. The Hall–Kier alpha value is -3.00. The van der Waals surface area contributed by atoms with Crippen LogP contribution in [0.5, 0.6) is 0 Å². The maximum atomic E-state index is 14.1. The summed E-state index contributed by atoms with van der Waals surface area (Å²) in [5.41, 5.74) is 1.57. The maximum Gasteiger partial charge on any atom is 0.329 e. The average Bonchev–Trinajstić information content (AvgIpc) is 3.25. The number of aliphatic hydroxyl groups excluding tert-OH is 2. The number of carbonyl (C=O) groups excluding carboxylic acids is 4. The van der Waals surface area contributed by atoms with Crippen molar-refractivity contribution in [1.29, 1.82) is 0 Å². The highest BCUT2D eigenvalue weighted by Gasteiger charge is 2.36. The minimum absolute atomic E-state index is 0.0262. The van der Waals surface area contributed by atoms with Crippen LogP contribution in [0.4, 0.5) is 0 Å². The first-order valence-corrected chi connectivity index (χ1v) is 23.0. The molecule has 2 N–H and O–H groups in total. The molecule has 0 radical (unpaired) electrons. The quantitative estimate of drug-likeness (QED) is 0.101. The summed E-state index contributed by atoms with van der Waals surface area (Å²) >= 11 is 0. The first-order chi connectivity index (χ1) is 29.2. The van der Waals surface area contributed by atoms with E-state index < -0.39 is 30.6 Å². The summed E-state index contributed by atoms with van der Waals surface area (Å²) in [6.07, 6.45) is 18.6. The third kappa shape index (κ3) is 18.0. The van der Waals surface area contributed by atoms with Gasteiger partial charge in [0.15, 0.2) is 12.1 Å². The third-order valence-electron chi connectivity index (χ3n) is 13.0. The fourth-order valence-electron chi connectivity index (χ4n) is 9.24. The van der Waals surface area contributed by atoms with Gasteiger partial charge in [0.05, 0.1) is 18.3 Å². The van der Waals surface area contributed by atoms with Crippen LogP contribution in [0, 0.1) is 23.7 Å². The Morgan fingerprint density at radius 1 is 0.803 bits per heavy atom. The van der Waals surface area contributed by atoms with Crippen molar-refractivity contribution in [2.75, 3.05) is 27.9 Å². The summed E-state index contributed by atoms with van der Waals surface area (Å²) in [4.78, 5) is 54.5. The molecule has 2 heterocycles. The highest BCUT2D eigenvalue weighted by molar-refractivity contribution is 5.86. The number of ether oxygens (including phenoxy) is 5. The molecule has 61 heavy (non-hydrogen) atoms. The van der Waals surface area contributed by atoms with Gasteiger partial charge in [0, 0.05) is 46.6 Å². The van der Waals surface area contributed by atoms with Gasteiger partial charge in [0.25, 0.3) is 0 Å². The molecule has 346 valence electrons. The van der Waals surface area contributed by atoms with Gasteiger partial charge in [-0.3, -0.25) is 14.4 Å². The number of aliphatic hydroxyl groups is 2. The highest BCUT2D eigenvalue weighted by Crippen LogP contribution is 2.32. The molecule has 0 aromatic carbocycles. The van der Waals surface area contributed by atoms with Crippen molar-refractivity contribution < 1.29 is 53.1 Å². The SMILES string of the molecule is COC1CCC(CCC2CC[C@H](C)/C=C(\C)C(O)[C@@H](OC)C(=O)C(C)CC(C)/C=C/C=C/C=C(\C)[C@@H](OC)C[C@@H](O[C@@H](O)C=O)CCCC(=O)N3CCCC[C@H]3C(=O)O2)CC1. The third-order valence-corrected chi connectivity index (χ3v) is 13.0. The zero-order chi connectivity index (χ0) is 44.9. The summed E-state index contributed by atoms with van der Waals surface area (Å²) in [6, 6.07) is -0.668. The molecule has 3 aliphatic rings. The zero-order valence-corrected chi connectivity index (χ0v) is 38.5. The molecule has 1 aliphatic carbocycles. The van der Waals surface area contributed by atoms with Gasteiger partial charge in [0.1, 0.15) is 24.4 Å².